The first-order chi connectivity index (χ1) is 19.1. The molecule has 10 heteroatoms. The Morgan fingerprint density at radius 1 is 0.950 bits per heavy atom. The second kappa shape index (κ2) is 14.4. The van der Waals surface area contributed by atoms with E-state index in [-0.39, 0.29) is 17.3 Å². The number of hydrogen-bond acceptors (Lipinski definition) is 4. The van der Waals surface area contributed by atoms with Gasteiger partial charge in [0.05, 0.1) is 10.6 Å². The van der Waals surface area contributed by atoms with Crippen LogP contribution in [0, 0.1) is 12.7 Å². The second-order valence-corrected chi connectivity index (χ2v) is 12.3. The Hall–Kier alpha value is -3.24. The van der Waals surface area contributed by atoms with Crippen LogP contribution in [0.15, 0.2) is 82.2 Å². The van der Waals surface area contributed by atoms with E-state index in [9.17, 15) is 22.4 Å². The molecule has 0 radical (unpaired) electrons. The summed E-state index contributed by atoms with van der Waals surface area (Å²) in [4.78, 5) is 28.6. The van der Waals surface area contributed by atoms with Crippen molar-refractivity contribution in [2.75, 3.05) is 17.4 Å². The van der Waals surface area contributed by atoms with Crippen molar-refractivity contribution < 1.29 is 22.4 Å². The van der Waals surface area contributed by atoms with Crippen molar-refractivity contribution in [2.24, 2.45) is 0 Å². The molecule has 2 amide bonds. The number of amides is 2. The maximum absolute atomic E-state index is 14.0. The number of carbonyl (C=O) groups is 2. The van der Waals surface area contributed by atoms with Crippen LogP contribution in [0.2, 0.25) is 0 Å². The number of nitrogens with one attached hydrogen (secondary N) is 1. The zero-order chi connectivity index (χ0) is 29.3. The molecule has 3 rings (SSSR count). The maximum Gasteiger partial charge on any atom is 0.264 e. The van der Waals surface area contributed by atoms with Crippen LogP contribution in [0.4, 0.5) is 10.1 Å². The third-order valence-corrected chi connectivity index (χ3v) is 8.80. The summed E-state index contributed by atoms with van der Waals surface area (Å²) in [6.45, 7) is 5.62. The van der Waals surface area contributed by atoms with Gasteiger partial charge in [0.1, 0.15) is 18.4 Å². The highest BCUT2D eigenvalue weighted by Crippen LogP contribution is 2.26. The van der Waals surface area contributed by atoms with Crippen LogP contribution < -0.4 is 9.62 Å². The van der Waals surface area contributed by atoms with E-state index >= 15 is 0 Å². The van der Waals surface area contributed by atoms with Gasteiger partial charge in [-0.05, 0) is 73.9 Å². The van der Waals surface area contributed by atoms with Crippen LogP contribution in [-0.4, -0.2) is 44.3 Å². The number of halogens is 2. The summed E-state index contributed by atoms with van der Waals surface area (Å²) in [5, 5.41) is 2.89. The van der Waals surface area contributed by atoms with Gasteiger partial charge in [-0.25, -0.2) is 12.8 Å². The van der Waals surface area contributed by atoms with Crippen molar-refractivity contribution in [3.8, 4) is 0 Å². The third-order valence-electron chi connectivity index (χ3n) is 6.48. The molecule has 0 spiro atoms. The Morgan fingerprint density at radius 2 is 1.57 bits per heavy atom. The average molecular weight is 633 g/mol. The number of rotatable bonds is 13. The Kier molecular flexibility index (Phi) is 11.3. The zero-order valence-electron chi connectivity index (χ0n) is 22.9. The first-order valence-electron chi connectivity index (χ1n) is 13.2. The molecule has 0 saturated heterocycles. The van der Waals surface area contributed by atoms with Crippen molar-refractivity contribution in [2.45, 2.75) is 57.5 Å². The first kappa shape index (κ1) is 31.3. The topological polar surface area (TPSA) is 86.8 Å². The van der Waals surface area contributed by atoms with Crippen LogP contribution in [0.5, 0.6) is 0 Å². The molecule has 1 N–H and O–H groups in total. The van der Waals surface area contributed by atoms with Gasteiger partial charge in [-0.15, -0.1) is 0 Å². The normalized spacial score (nSPS) is 12.0. The summed E-state index contributed by atoms with van der Waals surface area (Å²) < 4.78 is 43.1. The largest absolute Gasteiger partial charge is 0.354 e. The molecule has 0 aliphatic rings. The molecule has 7 nitrogen and oxygen atoms in total. The van der Waals surface area contributed by atoms with Crippen molar-refractivity contribution in [1.82, 2.24) is 10.2 Å². The van der Waals surface area contributed by atoms with E-state index in [0.717, 1.165) is 27.2 Å². The SMILES string of the molecule is CCCCNC(=O)[C@H](CC)N(Cc1ccc(F)cc1)C(=O)CN(c1ccc(Br)cc1)S(=O)(=O)c1ccc(C)cc1. The van der Waals surface area contributed by atoms with Crippen LogP contribution in [0.3, 0.4) is 0 Å². The highest BCUT2D eigenvalue weighted by molar-refractivity contribution is 9.10. The number of nitrogens with zero attached hydrogens (tertiary/aromatic N) is 2. The molecule has 0 saturated carbocycles. The molecule has 40 heavy (non-hydrogen) atoms. The van der Waals surface area contributed by atoms with Gasteiger partial charge in [-0.3, -0.25) is 13.9 Å². The van der Waals surface area contributed by atoms with Gasteiger partial charge in [-0.1, -0.05) is 66.0 Å². The van der Waals surface area contributed by atoms with Gasteiger partial charge in [-0.2, -0.15) is 0 Å². The fourth-order valence-electron chi connectivity index (χ4n) is 4.19. The van der Waals surface area contributed by atoms with Crippen LogP contribution >= 0.6 is 15.9 Å². The van der Waals surface area contributed by atoms with E-state index in [1.807, 2.05) is 13.8 Å². The molecule has 3 aromatic rings. The minimum absolute atomic E-state index is 0.0115. The minimum atomic E-state index is -4.14. The summed E-state index contributed by atoms with van der Waals surface area (Å²) in [5.41, 5.74) is 1.82. The first-order valence-corrected chi connectivity index (χ1v) is 15.5. The number of sulfonamides is 1. The highest BCUT2D eigenvalue weighted by atomic mass is 79.9. The molecule has 1 atom stereocenters. The number of unbranched alkanes of at least 4 members (excludes halogenated alkanes) is 1. The molecule has 0 unspecified atom stereocenters. The molecule has 0 bridgehead atoms. The van der Waals surface area contributed by atoms with Gasteiger partial charge >= 0.3 is 0 Å². The van der Waals surface area contributed by atoms with E-state index < -0.39 is 34.3 Å². The summed E-state index contributed by atoms with van der Waals surface area (Å²) in [7, 11) is -4.14. The number of aryl methyl sites for hydroxylation is 1. The summed E-state index contributed by atoms with van der Waals surface area (Å²) >= 11 is 3.37. The molecule has 0 aromatic heterocycles. The van der Waals surface area contributed by atoms with E-state index in [1.165, 1.54) is 29.2 Å². The third kappa shape index (κ3) is 8.14. The Morgan fingerprint density at radius 3 is 2.15 bits per heavy atom. The number of anilines is 1. The Balaban J connectivity index is 2.02. The van der Waals surface area contributed by atoms with E-state index in [0.29, 0.717) is 24.2 Å². The lowest BCUT2D eigenvalue weighted by molar-refractivity contribution is -0.140. The molecule has 0 aliphatic heterocycles. The van der Waals surface area contributed by atoms with Crippen molar-refractivity contribution in [3.05, 3.63) is 94.2 Å². The van der Waals surface area contributed by atoms with E-state index in [2.05, 4.69) is 21.2 Å². The van der Waals surface area contributed by atoms with Crippen molar-refractivity contribution >= 4 is 43.5 Å². The molecule has 3 aromatic carbocycles. The van der Waals surface area contributed by atoms with Gasteiger partial charge in [0.2, 0.25) is 11.8 Å². The van der Waals surface area contributed by atoms with Crippen molar-refractivity contribution in [3.63, 3.8) is 0 Å². The van der Waals surface area contributed by atoms with E-state index in [1.54, 1.807) is 55.5 Å². The van der Waals surface area contributed by atoms with Crippen molar-refractivity contribution in [1.29, 1.82) is 0 Å². The van der Waals surface area contributed by atoms with Gasteiger partial charge < -0.3 is 10.2 Å². The molecular weight excluding hydrogens is 597 g/mol. The molecular formula is C30H35BrFN3O4S. The number of hydrogen-bond donors (Lipinski definition) is 1. The Bertz CT molecular complexity index is 1380. The summed E-state index contributed by atoms with van der Waals surface area (Å²) in [6.07, 6.45) is 2.00. The Labute approximate surface area is 244 Å². The van der Waals surface area contributed by atoms with Crippen LogP contribution in [0.1, 0.15) is 44.2 Å². The fourth-order valence-corrected chi connectivity index (χ4v) is 5.86. The quantitative estimate of drug-likeness (QED) is 0.241. The zero-order valence-corrected chi connectivity index (χ0v) is 25.3. The van der Waals surface area contributed by atoms with Gasteiger partial charge in [0.25, 0.3) is 10.0 Å². The average Bonchev–Trinajstić information content (AvgIpc) is 2.93. The van der Waals surface area contributed by atoms with Gasteiger partial charge in [0.15, 0.2) is 0 Å². The highest BCUT2D eigenvalue weighted by Gasteiger charge is 2.33. The van der Waals surface area contributed by atoms with Gasteiger partial charge in [0, 0.05) is 17.6 Å². The second-order valence-electron chi connectivity index (χ2n) is 9.52. The standard InChI is InChI=1S/C30H35BrFN3O4S/c1-4-6-19-33-30(37)28(5-2)34(20-23-9-13-25(32)14-10-23)29(36)21-35(26-15-11-24(31)12-16-26)40(38,39)27-17-7-22(3)8-18-27/h7-18,28H,4-6,19-21H2,1-3H3,(H,33,37)/t28-/m0/s1. The van der Waals surface area contributed by atoms with Crippen LogP contribution in [-0.2, 0) is 26.2 Å². The summed E-state index contributed by atoms with van der Waals surface area (Å²) in [6, 6.07) is 17.9. The molecule has 0 fully saturated rings. The number of carbonyl (C=O) groups excluding carboxylic acids is 2. The lowest BCUT2D eigenvalue weighted by Gasteiger charge is -2.33. The predicted molar refractivity (Wildman–Crippen MR) is 159 cm³/mol. The molecule has 0 aliphatic carbocycles. The monoisotopic (exact) mass is 631 g/mol. The molecule has 0 heterocycles. The summed E-state index contributed by atoms with van der Waals surface area (Å²) in [5.74, 6) is -1.29. The predicted octanol–water partition coefficient (Wildman–Crippen LogP) is 5.82. The fraction of sp³-hybridized carbons (Fsp3) is 0.333. The smallest absolute Gasteiger partial charge is 0.264 e. The van der Waals surface area contributed by atoms with E-state index in [4.69, 9.17) is 0 Å². The maximum atomic E-state index is 14.0. The lowest BCUT2D eigenvalue weighted by atomic mass is 10.1. The minimum Gasteiger partial charge on any atom is -0.354 e. The number of benzene rings is 3. The lowest BCUT2D eigenvalue weighted by Crippen LogP contribution is -2.52. The van der Waals surface area contributed by atoms with Crippen LogP contribution in [0.25, 0.3) is 0 Å². The molecule has 214 valence electrons.